The van der Waals surface area contributed by atoms with E-state index in [4.69, 9.17) is 14.2 Å². The Bertz CT molecular complexity index is 799. The first kappa shape index (κ1) is 19.8. The van der Waals surface area contributed by atoms with Crippen LogP contribution >= 0.6 is 11.3 Å². The molecule has 1 aromatic carbocycles. The number of carbonyl (C=O) groups is 2. The summed E-state index contributed by atoms with van der Waals surface area (Å²) in [6.07, 6.45) is -0.887. The summed E-state index contributed by atoms with van der Waals surface area (Å²) >= 11 is 1.52. The van der Waals surface area contributed by atoms with Crippen LogP contribution in [0.25, 0.3) is 0 Å². The first-order valence-corrected chi connectivity index (χ1v) is 8.94. The van der Waals surface area contributed by atoms with E-state index >= 15 is 0 Å². The van der Waals surface area contributed by atoms with E-state index in [1.54, 1.807) is 39.3 Å². The van der Waals surface area contributed by atoms with E-state index in [-0.39, 0.29) is 12.5 Å². The highest BCUT2D eigenvalue weighted by Crippen LogP contribution is 2.27. The number of hydrogen-bond acceptors (Lipinski definition) is 6. The van der Waals surface area contributed by atoms with Gasteiger partial charge in [-0.25, -0.2) is 4.79 Å². The van der Waals surface area contributed by atoms with Gasteiger partial charge in [-0.3, -0.25) is 4.79 Å². The number of benzene rings is 1. The predicted molar refractivity (Wildman–Crippen MR) is 100 cm³/mol. The van der Waals surface area contributed by atoms with E-state index in [1.807, 2.05) is 19.9 Å². The van der Waals surface area contributed by atoms with Crippen molar-refractivity contribution in [3.8, 4) is 11.5 Å². The normalized spacial score (nSPS) is 11.6. The van der Waals surface area contributed by atoms with Crippen LogP contribution in [0.4, 0.5) is 0 Å². The Morgan fingerprint density at radius 3 is 2.38 bits per heavy atom. The molecule has 6 nitrogen and oxygen atoms in total. The van der Waals surface area contributed by atoms with Gasteiger partial charge in [-0.15, -0.1) is 11.3 Å². The van der Waals surface area contributed by atoms with Crippen molar-refractivity contribution in [3.63, 3.8) is 0 Å². The van der Waals surface area contributed by atoms with E-state index in [1.165, 1.54) is 11.3 Å². The summed E-state index contributed by atoms with van der Waals surface area (Å²) in [5.41, 5.74) is 1.35. The van der Waals surface area contributed by atoms with Gasteiger partial charge in [0.15, 0.2) is 17.6 Å². The lowest BCUT2D eigenvalue weighted by molar-refractivity contribution is -0.129. The molecule has 7 heteroatoms. The second-order valence-electron chi connectivity index (χ2n) is 5.78. The molecule has 0 spiro atoms. The molecule has 0 aliphatic heterocycles. The third kappa shape index (κ3) is 4.76. The minimum absolute atomic E-state index is 0.289. The van der Waals surface area contributed by atoms with E-state index in [0.717, 1.165) is 15.3 Å². The van der Waals surface area contributed by atoms with E-state index in [9.17, 15) is 9.59 Å². The molecule has 1 unspecified atom stereocenters. The van der Waals surface area contributed by atoms with Crippen LogP contribution in [-0.2, 0) is 16.1 Å². The van der Waals surface area contributed by atoms with Crippen LogP contribution in [0.2, 0.25) is 0 Å². The maximum atomic E-state index is 12.2. The van der Waals surface area contributed by atoms with Gasteiger partial charge in [0.05, 0.1) is 19.8 Å². The van der Waals surface area contributed by atoms with Gasteiger partial charge in [-0.2, -0.15) is 0 Å². The van der Waals surface area contributed by atoms with Crippen molar-refractivity contribution in [2.45, 2.75) is 33.4 Å². The highest BCUT2D eigenvalue weighted by Gasteiger charge is 2.21. The largest absolute Gasteiger partial charge is 0.493 e. The lowest BCUT2D eigenvalue weighted by atomic mass is 10.2. The summed E-state index contributed by atoms with van der Waals surface area (Å²) in [5.74, 6) is 0.353. The summed E-state index contributed by atoms with van der Waals surface area (Å²) in [4.78, 5) is 26.3. The van der Waals surface area contributed by atoms with Crippen LogP contribution in [-0.4, -0.2) is 32.2 Å². The molecular weight excluding hydrogens is 354 g/mol. The van der Waals surface area contributed by atoms with Gasteiger partial charge in [-0.05, 0) is 44.5 Å². The molecule has 0 saturated carbocycles. The summed E-state index contributed by atoms with van der Waals surface area (Å²) in [7, 11) is 3.11. The number of thiophene rings is 1. The van der Waals surface area contributed by atoms with Gasteiger partial charge < -0.3 is 19.5 Å². The Hall–Kier alpha value is -2.54. The third-order valence-electron chi connectivity index (χ3n) is 3.83. The van der Waals surface area contributed by atoms with Gasteiger partial charge in [0, 0.05) is 16.3 Å². The maximum Gasteiger partial charge on any atom is 0.340 e. The number of amides is 1. The van der Waals surface area contributed by atoms with Gasteiger partial charge >= 0.3 is 5.97 Å². The Kier molecular flexibility index (Phi) is 6.63. The summed E-state index contributed by atoms with van der Waals surface area (Å²) in [6.45, 7) is 5.62. The Labute approximate surface area is 157 Å². The zero-order valence-electron chi connectivity index (χ0n) is 15.5. The van der Waals surface area contributed by atoms with Gasteiger partial charge in [-0.1, -0.05) is 6.07 Å². The molecule has 0 fully saturated rings. The monoisotopic (exact) mass is 377 g/mol. The summed E-state index contributed by atoms with van der Waals surface area (Å²) in [6, 6.07) is 7.16. The number of esters is 1. The van der Waals surface area contributed by atoms with E-state index in [2.05, 4.69) is 5.32 Å². The lowest BCUT2D eigenvalue weighted by Gasteiger charge is -2.14. The van der Waals surface area contributed by atoms with Crippen LogP contribution in [0.15, 0.2) is 24.3 Å². The lowest BCUT2D eigenvalue weighted by Crippen LogP contribution is -2.35. The first-order valence-electron chi connectivity index (χ1n) is 8.12. The van der Waals surface area contributed by atoms with Crippen LogP contribution in [0, 0.1) is 13.8 Å². The first-order chi connectivity index (χ1) is 12.3. The second kappa shape index (κ2) is 8.71. The number of aryl methyl sites for hydroxylation is 2. The standard InChI is InChI=1S/C19H23NO5S/c1-11-8-15(13(3)26-11)19(22)25-12(2)18(21)20-10-14-6-7-16(23-4)17(9-14)24-5/h6-9,12H,10H2,1-5H3,(H,20,21). The molecule has 1 amide bonds. The van der Waals surface area contributed by atoms with Crippen molar-refractivity contribution in [1.29, 1.82) is 0 Å². The van der Waals surface area contributed by atoms with Crippen LogP contribution in [0.1, 0.15) is 32.6 Å². The molecule has 0 bridgehead atoms. The minimum Gasteiger partial charge on any atom is -0.493 e. The van der Waals surface area contributed by atoms with Crippen LogP contribution in [0.3, 0.4) is 0 Å². The zero-order valence-corrected chi connectivity index (χ0v) is 16.4. The number of rotatable bonds is 7. The molecule has 1 heterocycles. The molecule has 1 aromatic heterocycles. The second-order valence-corrected chi connectivity index (χ2v) is 7.24. The molecule has 140 valence electrons. The predicted octanol–water partition coefficient (Wildman–Crippen LogP) is 3.24. The van der Waals surface area contributed by atoms with E-state index in [0.29, 0.717) is 17.1 Å². The SMILES string of the molecule is COc1ccc(CNC(=O)C(C)OC(=O)c2cc(C)sc2C)cc1OC. The highest BCUT2D eigenvalue weighted by atomic mass is 32.1. The average molecular weight is 377 g/mol. The van der Waals surface area contributed by atoms with Gasteiger partial charge in [0.2, 0.25) is 0 Å². The van der Waals surface area contributed by atoms with Crippen molar-refractivity contribution >= 4 is 23.2 Å². The molecule has 1 atom stereocenters. The highest BCUT2D eigenvalue weighted by molar-refractivity contribution is 7.12. The third-order valence-corrected chi connectivity index (χ3v) is 4.79. The van der Waals surface area contributed by atoms with Gasteiger partial charge in [0.25, 0.3) is 5.91 Å². The van der Waals surface area contributed by atoms with Crippen molar-refractivity contribution < 1.29 is 23.8 Å². The molecule has 0 radical (unpaired) electrons. The maximum absolute atomic E-state index is 12.2. The number of carbonyl (C=O) groups excluding carboxylic acids is 2. The minimum atomic E-state index is -0.887. The smallest absolute Gasteiger partial charge is 0.340 e. The average Bonchev–Trinajstić information content (AvgIpc) is 2.97. The summed E-state index contributed by atoms with van der Waals surface area (Å²) in [5, 5.41) is 2.75. The molecule has 26 heavy (non-hydrogen) atoms. The van der Waals surface area contributed by atoms with Crippen molar-refractivity contribution in [1.82, 2.24) is 5.32 Å². The van der Waals surface area contributed by atoms with Gasteiger partial charge in [0.1, 0.15) is 0 Å². The molecule has 2 rings (SSSR count). The number of methoxy groups -OCH3 is 2. The quantitative estimate of drug-likeness (QED) is 0.750. The zero-order chi connectivity index (χ0) is 19.3. The number of hydrogen-bond donors (Lipinski definition) is 1. The number of ether oxygens (including phenoxy) is 3. The van der Waals surface area contributed by atoms with Crippen LogP contribution in [0.5, 0.6) is 11.5 Å². The van der Waals surface area contributed by atoms with Crippen LogP contribution < -0.4 is 14.8 Å². The fourth-order valence-corrected chi connectivity index (χ4v) is 3.35. The molecule has 2 aromatic rings. The Balaban J connectivity index is 1.93. The topological polar surface area (TPSA) is 73.9 Å². The fraction of sp³-hybridized carbons (Fsp3) is 0.368. The molecule has 0 aliphatic carbocycles. The Morgan fingerprint density at radius 1 is 1.12 bits per heavy atom. The molecule has 0 aliphatic rings. The van der Waals surface area contributed by atoms with Crippen molar-refractivity contribution in [2.75, 3.05) is 14.2 Å². The van der Waals surface area contributed by atoms with E-state index < -0.39 is 12.1 Å². The molecular formula is C19H23NO5S. The molecule has 1 N–H and O–H groups in total. The molecule has 0 saturated heterocycles. The Morgan fingerprint density at radius 2 is 1.81 bits per heavy atom. The summed E-state index contributed by atoms with van der Waals surface area (Å²) < 4.78 is 15.7. The van der Waals surface area contributed by atoms with Crippen molar-refractivity contribution in [3.05, 3.63) is 45.1 Å². The number of nitrogens with one attached hydrogen (secondary N) is 1. The fourth-order valence-electron chi connectivity index (χ4n) is 2.43. The van der Waals surface area contributed by atoms with Crippen molar-refractivity contribution in [2.24, 2.45) is 0 Å².